The predicted molar refractivity (Wildman–Crippen MR) is 97.5 cm³/mol. The molecule has 1 amide bonds. The average Bonchev–Trinajstić information content (AvgIpc) is 2.59. The topological polar surface area (TPSA) is 55.4 Å². The number of thioether (sulfide) groups is 1. The highest BCUT2D eigenvalue weighted by Crippen LogP contribution is 2.21. The van der Waals surface area contributed by atoms with Gasteiger partial charge in [-0.15, -0.1) is 11.8 Å². The normalized spacial score (nSPS) is 10.5. The number of carbonyl (C=O) groups is 2. The summed E-state index contributed by atoms with van der Waals surface area (Å²) in [6.45, 7) is 1.39. The molecule has 0 heterocycles. The number of hydrogen-bond donors (Lipinski definition) is 1. The number of anilines is 1. The Hall–Kier alpha value is -2.12. The maximum absolute atomic E-state index is 13.1. The van der Waals surface area contributed by atoms with Crippen LogP contribution in [0.1, 0.15) is 12.0 Å². The standard InChI is InChI=1S/C18H16ClF2NO3S/c1-11-8-12(19)2-5-16(11)22-17(23)10-25-18(24)6-7-26-13-3-4-14(20)15(21)9-13/h2-5,8-9H,6-7,10H2,1H3,(H,22,23). The highest BCUT2D eigenvalue weighted by atomic mass is 35.5. The van der Waals surface area contributed by atoms with Crippen molar-refractivity contribution in [2.75, 3.05) is 17.7 Å². The Bertz CT molecular complexity index is 817. The van der Waals surface area contributed by atoms with Crippen LogP contribution in [-0.4, -0.2) is 24.2 Å². The van der Waals surface area contributed by atoms with Crippen molar-refractivity contribution < 1.29 is 23.1 Å². The third-order valence-corrected chi connectivity index (χ3v) is 4.52. The molecular weight excluding hydrogens is 384 g/mol. The van der Waals surface area contributed by atoms with Gasteiger partial charge in [0.25, 0.3) is 5.91 Å². The third-order valence-electron chi connectivity index (χ3n) is 3.29. The molecule has 2 aromatic rings. The van der Waals surface area contributed by atoms with Crippen molar-refractivity contribution in [2.24, 2.45) is 0 Å². The van der Waals surface area contributed by atoms with Gasteiger partial charge in [-0.1, -0.05) is 11.6 Å². The summed E-state index contributed by atoms with van der Waals surface area (Å²) in [4.78, 5) is 24.0. The lowest BCUT2D eigenvalue weighted by molar-refractivity contribution is -0.146. The van der Waals surface area contributed by atoms with Gasteiger partial charge >= 0.3 is 5.97 Å². The Balaban J connectivity index is 1.70. The Morgan fingerprint density at radius 2 is 1.92 bits per heavy atom. The number of esters is 1. The number of halogens is 3. The Kier molecular flexibility index (Phi) is 7.41. The Morgan fingerprint density at radius 3 is 2.62 bits per heavy atom. The first-order valence-corrected chi connectivity index (χ1v) is 9.01. The quantitative estimate of drug-likeness (QED) is 0.546. The lowest BCUT2D eigenvalue weighted by Crippen LogP contribution is -2.21. The van der Waals surface area contributed by atoms with Crippen molar-refractivity contribution >= 4 is 40.9 Å². The van der Waals surface area contributed by atoms with Crippen molar-refractivity contribution in [2.45, 2.75) is 18.2 Å². The lowest BCUT2D eigenvalue weighted by Gasteiger charge is -2.09. The van der Waals surface area contributed by atoms with Crippen LogP contribution in [0.15, 0.2) is 41.3 Å². The summed E-state index contributed by atoms with van der Waals surface area (Å²) < 4.78 is 30.8. The minimum Gasteiger partial charge on any atom is -0.456 e. The van der Waals surface area contributed by atoms with Crippen LogP contribution in [0, 0.1) is 18.6 Å². The summed E-state index contributed by atoms with van der Waals surface area (Å²) in [5.74, 6) is -2.55. The Morgan fingerprint density at radius 1 is 1.15 bits per heavy atom. The van der Waals surface area contributed by atoms with Crippen molar-refractivity contribution in [1.29, 1.82) is 0 Å². The molecule has 0 saturated heterocycles. The number of rotatable bonds is 7. The highest BCUT2D eigenvalue weighted by Gasteiger charge is 2.10. The van der Waals surface area contributed by atoms with E-state index in [4.69, 9.17) is 16.3 Å². The first kappa shape index (κ1) is 20.2. The second-order valence-electron chi connectivity index (χ2n) is 5.34. The number of hydrogen-bond acceptors (Lipinski definition) is 4. The van der Waals surface area contributed by atoms with Gasteiger partial charge in [0.05, 0.1) is 6.42 Å². The van der Waals surface area contributed by atoms with Crippen LogP contribution < -0.4 is 5.32 Å². The highest BCUT2D eigenvalue weighted by molar-refractivity contribution is 7.99. The minimum absolute atomic E-state index is 0.0386. The number of nitrogens with one attached hydrogen (secondary N) is 1. The average molecular weight is 400 g/mol. The van der Waals surface area contributed by atoms with Gasteiger partial charge in [0.2, 0.25) is 0 Å². The van der Waals surface area contributed by atoms with Crippen LogP contribution in [0.5, 0.6) is 0 Å². The van der Waals surface area contributed by atoms with E-state index in [1.54, 1.807) is 25.1 Å². The van der Waals surface area contributed by atoms with Gasteiger partial charge in [0, 0.05) is 21.4 Å². The molecule has 0 bridgehead atoms. The smallest absolute Gasteiger partial charge is 0.307 e. The number of ether oxygens (including phenoxy) is 1. The zero-order chi connectivity index (χ0) is 19.1. The molecule has 138 valence electrons. The van der Waals surface area contributed by atoms with Gasteiger partial charge in [-0.25, -0.2) is 8.78 Å². The maximum atomic E-state index is 13.1. The van der Waals surface area contributed by atoms with Crippen LogP contribution in [0.4, 0.5) is 14.5 Å². The first-order valence-electron chi connectivity index (χ1n) is 7.64. The molecule has 4 nitrogen and oxygen atoms in total. The maximum Gasteiger partial charge on any atom is 0.307 e. The van der Waals surface area contributed by atoms with Crippen molar-refractivity contribution in [1.82, 2.24) is 0 Å². The molecular formula is C18H16ClF2NO3S. The largest absolute Gasteiger partial charge is 0.456 e. The fraction of sp³-hybridized carbons (Fsp3) is 0.222. The molecule has 0 aromatic heterocycles. The van der Waals surface area contributed by atoms with Crippen molar-refractivity contribution in [3.63, 3.8) is 0 Å². The van der Waals surface area contributed by atoms with E-state index < -0.39 is 30.1 Å². The molecule has 0 atom stereocenters. The molecule has 26 heavy (non-hydrogen) atoms. The van der Waals surface area contributed by atoms with Crippen molar-refractivity contribution in [3.05, 3.63) is 58.6 Å². The third kappa shape index (κ3) is 6.31. The molecule has 2 aromatic carbocycles. The van der Waals surface area contributed by atoms with Crippen molar-refractivity contribution in [3.8, 4) is 0 Å². The van der Waals surface area contributed by atoms with Gasteiger partial charge in [-0.3, -0.25) is 9.59 Å². The van der Waals surface area contributed by atoms with E-state index in [0.717, 1.165) is 17.7 Å². The molecule has 8 heteroatoms. The van der Waals surface area contributed by atoms with Crippen LogP contribution in [0.25, 0.3) is 0 Å². The van der Waals surface area contributed by atoms with E-state index in [2.05, 4.69) is 5.32 Å². The number of benzene rings is 2. The number of aryl methyl sites for hydroxylation is 1. The molecule has 0 spiro atoms. The summed E-state index contributed by atoms with van der Waals surface area (Å²) in [5.41, 5.74) is 1.38. The molecule has 0 fully saturated rings. The van der Waals surface area contributed by atoms with Crippen LogP contribution in [0.3, 0.4) is 0 Å². The predicted octanol–water partition coefficient (Wildman–Crippen LogP) is 4.59. The number of amides is 1. The van der Waals surface area contributed by atoms with Gasteiger partial charge in [-0.2, -0.15) is 0 Å². The summed E-state index contributed by atoms with van der Waals surface area (Å²) >= 11 is 7.03. The zero-order valence-corrected chi connectivity index (χ0v) is 15.4. The molecule has 2 rings (SSSR count). The molecule has 1 N–H and O–H groups in total. The second kappa shape index (κ2) is 9.54. The summed E-state index contributed by atoms with van der Waals surface area (Å²) in [6.07, 6.45) is 0.0386. The number of carbonyl (C=O) groups excluding carboxylic acids is 2. The van der Waals surface area contributed by atoms with E-state index in [-0.39, 0.29) is 6.42 Å². The lowest BCUT2D eigenvalue weighted by atomic mass is 10.2. The van der Waals surface area contributed by atoms with Gasteiger partial charge in [0.1, 0.15) is 0 Å². The minimum atomic E-state index is -0.938. The second-order valence-corrected chi connectivity index (χ2v) is 6.95. The van der Waals surface area contributed by atoms with E-state index >= 15 is 0 Å². The van der Waals surface area contributed by atoms with Gasteiger partial charge in [0.15, 0.2) is 18.2 Å². The molecule has 0 saturated carbocycles. The SMILES string of the molecule is Cc1cc(Cl)ccc1NC(=O)COC(=O)CCSc1ccc(F)c(F)c1. The van der Waals surface area contributed by atoms with E-state index in [1.165, 1.54) is 17.8 Å². The fourth-order valence-corrected chi connectivity index (χ4v) is 3.07. The zero-order valence-electron chi connectivity index (χ0n) is 13.9. The van der Waals surface area contributed by atoms with E-state index in [9.17, 15) is 18.4 Å². The summed E-state index contributed by atoms with van der Waals surface area (Å²) in [7, 11) is 0. The van der Waals surface area contributed by atoms with E-state index in [0.29, 0.717) is 21.4 Å². The molecule has 0 unspecified atom stereocenters. The molecule has 0 aliphatic rings. The van der Waals surface area contributed by atoms with Crippen LogP contribution in [-0.2, 0) is 14.3 Å². The Labute approximate surface area is 158 Å². The fourth-order valence-electron chi connectivity index (χ4n) is 1.99. The summed E-state index contributed by atoms with van der Waals surface area (Å²) in [5, 5.41) is 3.19. The monoisotopic (exact) mass is 399 g/mol. The van der Waals surface area contributed by atoms with Gasteiger partial charge in [-0.05, 0) is 48.9 Å². The van der Waals surface area contributed by atoms with Gasteiger partial charge < -0.3 is 10.1 Å². The molecule has 0 aliphatic carbocycles. The first-order chi connectivity index (χ1) is 12.3. The molecule has 0 radical (unpaired) electrons. The molecule has 0 aliphatic heterocycles. The van der Waals surface area contributed by atoms with Crippen LogP contribution in [0.2, 0.25) is 5.02 Å². The summed E-state index contributed by atoms with van der Waals surface area (Å²) in [6, 6.07) is 8.53. The van der Waals surface area contributed by atoms with E-state index in [1.807, 2.05) is 0 Å². The van der Waals surface area contributed by atoms with Crippen LogP contribution >= 0.6 is 23.4 Å².